The van der Waals surface area contributed by atoms with E-state index in [1.54, 1.807) is 0 Å². The number of hydrogen-bond acceptors (Lipinski definition) is 3. The van der Waals surface area contributed by atoms with Crippen molar-refractivity contribution in [2.45, 2.75) is 19.3 Å². The summed E-state index contributed by atoms with van der Waals surface area (Å²) in [6, 6.07) is 0. The Bertz CT molecular complexity index is 412. The molecule has 126 valence electrons. The summed E-state index contributed by atoms with van der Waals surface area (Å²) in [5.41, 5.74) is 0. The van der Waals surface area contributed by atoms with Crippen LogP contribution in [0.4, 0.5) is 17.6 Å². The maximum absolute atomic E-state index is 12.6. The normalized spacial score (nSPS) is 24.5. The van der Waals surface area contributed by atoms with Gasteiger partial charge in [-0.2, -0.15) is 17.2 Å². The van der Waals surface area contributed by atoms with Gasteiger partial charge < -0.3 is 9.80 Å². The number of rotatable bonds is 8. The van der Waals surface area contributed by atoms with Crippen molar-refractivity contribution < 1.29 is 40.0 Å². The highest BCUT2D eigenvalue weighted by atomic mass is 32.2. The van der Waals surface area contributed by atoms with Crippen molar-refractivity contribution in [3.8, 4) is 0 Å². The summed E-state index contributed by atoms with van der Waals surface area (Å²) < 4.78 is 75.9. The molecule has 0 radical (unpaired) electrons. The molecular formula is C11H22F4N2O3S+2. The van der Waals surface area contributed by atoms with E-state index < -0.39 is 34.8 Å². The molecule has 0 amide bonds. The van der Waals surface area contributed by atoms with Crippen molar-refractivity contribution in [1.29, 1.82) is 0 Å². The lowest BCUT2D eigenvalue weighted by atomic mass is 10.3. The predicted molar refractivity (Wildman–Crippen MR) is 67.5 cm³/mol. The zero-order valence-corrected chi connectivity index (χ0v) is 12.7. The Morgan fingerprint density at radius 2 is 1.67 bits per heavy atom. The molecule has 1 heterocycles. The molecule has 0 aromatic heterocycles. The van der Waals surface area contributed by atoms with E-state index in [-0.39, 0.29) is 6.54 Å². The van der Waals surface area contributed by atoms with Gasteiger partial charge in [0.05, 0.1) is 13.1 Å². The molecule has 0 aromatic carbocycles. The fourth-order valence-corrected chi connectivity index (χ4v) is 3.11. The standard InChI is InChI=1S/C11H20F4N2O3S/c1-2-16-3-5-17(6-4-16)7-8-21(18,19)20-9-11(14,15)10(12)13/h10H,2-9H2,1H3/p+2. The highest BCUT2D eigenvalue weighted by Crippen LogP contribution is 2.23. The second-order valence-corrected chi connectivity index (χ2v) is 6.95. The molecule has 0 aliphatic carbocycles. The maximum Gasteiger partial charge on any atom is 0.331 e. The van der Waals surface area contributed by atoms with Crippen LogP contribution in [0.3, 0.4) is 0 Å². The molecule has 1 fully saturated rings. The first-order valence-corrected chi connectivity index (χ1v) is 8.44. The van der Waals surface area contributed by atoms with Gasteiger partial charge in [0.2, 0.25) is 0 Å². The molecule has 0 spiro atoms. The molecule has 1 aliphatic heterocycles. The van der Waals surface area contributed by atoms with Crippen LogP contribution >= 0.6 is 0 Å². The second kappa shape index (κ2) is 7.70. The van der Waals surface area contributed by atoms with Crippen LogP contribution in [0.2, 0.25) is 0 Å². The Morgan fingerprint density at radius 1 is 1.14 bits per heavy atom. The molecule has 10 heteroatoms. The Labute approximate surface area is 122 Å². The number of piperazine rings is 1. The Balaban J connectivity index is 2.34. The number of nitrogens with one attached hydrogen (secondary N) is 2. The van der Waals surface area contributed by atoms with Crippen LogP contribution in [0, 0.1) is 0 Å². The van der Waals surface area contributed by atoms with Gasteiger partial charge in [-0.05, 0) is 6.92 Å². The van der Waals surface area contributed by atoms with E-state index in [0.717, 1.165) is 37.6 Å². The van der Waals surface area contributed by atoms with Crippen LogP contribution < -0.4 is 9.80 Å². The van der Waals surface area contributed by atoms with E-state index in [4.69, 9.17) is 0 Å². The van der Waals surface area contributed by atoms with Crippen molar-refractivity contribution >= 4 is 10.1 Å². The minimum Gasteiger partial charge on any atom is -0.326 e. The SMILES string of the molecule is CC[NH+]1CC[NH+](CCS(=O)(=O)OCC(F)(F)C(F)F)CC1. The minimum absolute atomic E-state index is 0.236. The Kier molecular flexibility index (Phi) is 6.82. The number of quaternary nitrogens is 2. The molecule has 1 aliphatic rings. The molecule has 0 saturated carbocycles. The van der Waals surface area contributed by atoms with Gasteiger partial charge in [0.15, 0.2) is 0 Å². The first-order chi connectivity index (χ1) is 9.66. The van der Waals surface area contributed by atoms with Crippen LogP contribution in [0.15, 0.2) is 0 Å². The first kappa shape index (κ1) is 18.6. The first-order valence-electron chi connectivity index (χ1n) is 6.86. The fourth-order valence-electron chi connectivity index (χ4n) is 2.12. The Morgan fingerprint density at radius 3 is 2.14 bits per heavy atom. The predicted octanol–water partition coefficient (Wildman–Crippen LogP) is -1.96. The van der Waals surface area contributed by atoms with E-state index in [0.29, 0.717) is 0 Å². The highest BCUT2D eigenvalue weighted by Gasteiger charge is 2.42. The van der Waals surface area contributed by atoms with Crippen molar-refractivity contribution in [1.82, 2.24) is 0 Å². The Hall–Kier alpha value is -0.450. The number of alkyl halides is 4. The van der Waals surface area contributed by atoms with Gasteiger partial charge in [0, 0.05) is 0 Å². The van der Waals surface area contributed by atoms with Crippen LogP contribution in [-0.4, -0.2) is 72.4 Å². The van der Waals surface area contributed by atoms with Crippen LogP contribution in [0.25, 0.3) is 0 Å². The molecular weight excluding hydrogens is 316 g/mol. The molecule has 2 N–H and O–H groups in total. The highest BCUT2D eigenvalue weighted by molar-refractivity contribution is 7.86. The van der Waals surface area contributed by atoms with Crippen molar-refractivity contribution in [2.24, 2.45) is 0 Å². The van der Waals surface area contributed by atoms with E-state index >= 15 is 0 Å². The van der Waals surface area contributed by atoms with Crippen molar-refractivity contribution in [3.05, 3.63) is 0 Å². The number of hydrogen-bond donors (Lipinski definition) is 2. The average Bonchev–Trinajstić information content (AvgIpc) is 2.44. The van der Waals surface area contributed by atoms with Gasteiger partial charge in [0.25, 0.3) is 10.1 Å². The largest absolute Gasteiger partial charge is 0.331 e. The van der Waals surface area contributed by atoms with E-state index in [1.807, 2.05) is 0 Å². The summed E-state index contributed by atoms with van der Waals surface area (Å²) in [5.74, 6) is -4.89. The summed E-state index contributed by atoms with van der Waals surface area (Å²) in [4.78, 5) is 2.49. The maximum atomic E-state index is 12.6. The summed E-state index contributed by atoms with van der Waals surface area (Å²) in [7, 11) is -4.21. The summed E-state index contributed by atoms with van der Waals surface area (Å²) in [6.07, 6.45) is -3.94. The van der Waals surface area contributed by atoms with Crippen LogP contribution in [0.1, 0.15) is 6.92 Å². The summed E-state index contributed by atoms with van der Waals surface area (Å²) in [6.45, 7) is 4.96. The second-order valence-electron chi connectivity index (χ2n) is 5.19. The molecule has 0 aromatic rings. The van der Waals surface area contributed by atoms with Crippen molar-refractivity contribution in [3.63, 3.8) is 0 Å². The fraction of sp³-hybridized carbons (Fsp3) is 1.00. The van der Waals surface area contributed by atoms with Gasteiger partial charge in [0.1, 0.15) is 38.5 Å². The number of likely N-dealkylation sites (N-methyl/N-ethyl adjacent to an activating group) is 1. The van der Waals surface area contributed by atoms with Gasteiger partial charge >= 0.3 is 12.3 Å². The zero-order valence-electron chi connectivity index (χ0n) is 11.9. The van der Waals surface area contributed by atoms with Gasteiger partial charge in [-0.1, -0.05) is 0 Å². The smallest absolute Gasteiger partial charge is 0.326 e. The molecule has 0 atom stereocenters. The van der Waals surface area contributed by atoms with E-state index in [2.05, 4.69) is 11.1 Å². The van der Waals surface area contributed by atoms with E-state index in [1.165, 1.54) is 4.90 Å². The summed E-state index contributed by atoms with van der Waals surface area (Å²) in [5, 5.41) is 0. The molecule has 0 bridgehead atoms. The zero-order chi connectivity index (χ0) is 16.1. The van der Waals surface area contributed by atoms with Gasteiger partial charge in [-0.3, -0.25) is 4.18 Å². The lowest BCUT2D eigenvalue weighted by Gasteiger charge is -2.28. The van der Waals surface area contributed by atoms with Crippen LogP contribution in [0.5, 0.6) is 0 Å². The molecule has 0 unspecified atom stereocenters. The third-order valence-corrected chi connectivity index (χ3v) is 4.80. The number of halogens is 4. The summed E-state index contributed by atoms with van der Waals surface area (Å²) >= 11 is 0. The average molecular weight is 338 g/mol. The van der Waals surface area contributed by atoms with Gasteiger partial charge in [-0.15, -0.1) is 0 Å². The van der Waals surface area contributed by atoms with Crippen molar-refractivity contribution in [2.75, 3.05) is 51.6 Å². The lowest BCUT2D eigenvalue weighted by molar-refractivity contribution is -1.01. The monoisotopic (exact) mass is 338 g/mol. The lowest BCUT2D eigenvalue weighted by Crippen LogP contribution is -3.28. The van der Waals surface area contributed by atoms with Crippen LogP contribution in [-0.2, 0) is 14.3 Å². The van der Waals surface area contributed by atoms with E-state index in [9.17, 15) is 26.0 Å². The quantitative estimate of drug-likeness (QED) is 0.399. The van der Waals surface area contributed by atoms with Gasteiger partial charge in [-0.25, -0.2) is 8.78 Å². The third kappa shape index (κ3) is 6.45. The molecule has 21 heavy (non-hydrogen) atoms. The molecule has 5 nitrogen and oxygen atoms in total. The molecule has 1 saturated heterocycles. The minimum atomic E-state index is -4.45. The third-order valence-electron chi connectivity index (χ3n) is 3.62. The molecule has 1 rings (SSSR count). The topological polar surface area (TPSA) is 52.2 Å².